The van der Waals surface area contributed by atoms with E-state index in [-0.39, 0.29) is 5.78 Å². The Morgan fingerprint density at radius 3 is 1.82 bits per heavy atom. The number of hydrogen-bond acceptors (Lipinski definition) is 2. The maximum atomic E-state index is 11.6. The lowest BCUT2D eigenvalue weighted by Crippen LogP contribution is -1.96. The van der Waals surface area contributed by atoms with Crippen molar-refractivity contribution >= 4 is 5.78 Å². The van der Waals surface area contributed by atoms with Gasteiger partial charge in [-0.05, 0) is 60.7 Å². The number of Topliss-reactive ketones (excluding diaryl/α,β-unsaturated/α-hetero) is 1. The Labute approximate surface area is 133 Å². The van der Waals surface area contributed by atoms with E-state index < -0.39 is 0 Å². The molecule has 0 heterocycles. The number of carbonyl (C=O) groups excluding carboxylic acids is 1. The van der Waals surface area contributed by atoms with Gasteiger partial charge < -0.3 is 4.74 Å². The van der Waals surface area contributed by atoms with Crippen molar-refractivity contribution in [2.45, 2.75) is 46.0 Å². The zero-order chi connectivity index (χ0) is 15.9. The molecule has 0 atom stereocenters. The molecule has 0 bridgehead atoms. The highest BCUT2D eigenvalue weighted by atomic mass is 16.5. The molecule has 0 aromatic heterocycles. The van der Waals surface area contributed by atoms with Gasteiger partial charge in [0.25, 0.3) is 0 Å². The summed E-state index contributed by atoms with van der Waals surface area (Å²) in [4.78, 5) is 11.6. The SMILES string of the molecule is CCC(=O)c1ccc(Oc2ccc(C(CC)CC)cc2)cc1. The second-order valence-corrected chi connectivity index (χ2v) is 5.49. The van der Waals surface area contributed by atoms with Gasteiger partial charge >= 0.3 is 0 Å². The van der Waals surface area contributed by atoms with Gasteiger partial charge in [0, 0.05) is 12.0 Å². The van der Waals surface area contributed by atoms with Crippen molar-refractivity contribution < 1.29 is 9.53 Å². The third-order valence-electron chi connectivity index (χ3n) is 4.07. The van der Waals surface area contributed by atoms with Crippen molar-refractivity contribution in [1.29, 1.82) is 0 Å². The van der Waals surface area contributed by atoms with Gasteiger partial charge in [-0.1, -0.05) is 32.9 Å². The zero-order valence-electron chi connectivity index (χ0n) is 13.6. The summed E-state index contributed by atoms with van der Waals surface area (Å²) in [5.41, 5.74) is 2.10. The number of benzene rings is 2. The third kappa shape index (κ3) is 3.97. The first-order valence-corrected chi connectivity index (χ1v) is 8.09. The molecule has 2 heteroatoms. The van der Waals surface area contributed by atoms with E-state index in [0.717, 1.165) is 29.9 Å². The second kappa shape index (κ2) is 7.79. The molecule has 0 fully saturated rings. The maximum Gasteiger partial charge on any atom is 0.162 e. The largest absolute Gasteiger partial charge is 0.457 e. The molecule has 0 aliphatic rings. The molecule has 116 valence electrons. The summed E-state index contributed by atoms with van der Waals surface area (Å²) in [5.74, 6) is 2.35. The van der Waals surface area contributed by atoms with E-state index in [1.807, 2.05) is 43.3 Å². The van der Waals surface area contributed by atoms with Crippen LogP contribution in [-0.2, 0) is 0 Å². The highest BCUT2D eigenvalue weighted by molar-refractivity contribution is 5.95. The van der Waals surface area contributed by atoms with Crippen LogP contribution in [0.2, 0.25) is 0 Å². The zero-order valence-corrected chi connectivity index (χ0v) is 13.6. The molecule has 0 amide bonds. The highest BCUT2D eigenvalue weighted by Crippen LogP contribution is 2.27. The monoisotopic (exact) mass is 296 g/mol. The topological polar surface area (TPSA) is 26.3 Å². The lowest BCUT2D eigenvalue weighted by Gasteiger charge is -2.13. The molecule has 2 aromatic carbocycles. The fourth-order valence-electron chi connectivity index (χ4n) is 2.62. The average Bonchev–Trinajstić information content (AvgIpc) is 2.57. The van der Waals surface area contributed by atoms with Crippen LogP contribution in [0.15, 0.2) is 48.5 Å². The highest BCUT2D eigenvalue weighted by Gasteiger charge is 2.07. The van der Waals surface area contributed by atoms with E-state index >= 15 is 0 Å². The molecule has 2 aromatic rings. The van der Waals surface area contributed by atoms with Crippen LogP contribution in [0, 0.1) is 0 Å². The van der Waals surface area contributed by atoms with Crippen molar-refractivity contribution in [1.82, 2.24) is 0 Å². The van der Waals surface area contributed by atoms with E-state index in [9.17, 15) is 4.79 Å². The summed E-state index contributed by atoms with van der Waals surface area (Å²) >= 11 is 0. The van der Waals surface area contributed by atoms with E-state index in [1.54, 1.807) is 0 Å². The van der Waals surface area contributed by atoms with Crippen LogP contribution in [0.1, 0.15) is 61.9 Å². The molecule has 2 rings (SSSR count). The first-order valence-electron chi connectivity index (χ1n) is 8.09. The standard InChI is InChI=1S/C20H24O2/c1-4-15(5-2)16-7-11-18(12-8-16)22-19-13-9-17(10-14-19)20(21)6-3/h7-15H,4-6H2,1-3H3. The minimum atomic E-state index is 0.154. The van der Waals surface area contributed by atoms with Gasteiger partial charge in [0.05, 0.1) is 0 Å². The van der Waals surface area contributed by atoms with Crippen molar-refractivity contribution in [2.24, 2.45) is 0 Å². The summed E-state index contributed by atoms with van der Waals surface area (Å²) in [7, 11) is 0. The minimum absolute atomic E-state index is 0.154. The van der Waals surface area contributed by atoms with Crippen LogP contribution in [0.3, 0.4) is 0 Å². The Morgan fingerprint density at radius 1 is 0.864 bits per heavy atom. The van der Waals surface area contributed by atoms with E-state index in [2.05, 4.69) is 26.0 Å². The van der Waals surface area contributed by atoms with Gasteiger partial charge in [-0.3, -0.25) is 4.79 Å². The van der Waals surface area contributed by atoms with E-state index in [1.165, 1.54) is 5.56 Å². The molecule has 0 N–H and O–H groups in total. The molecule has 22 heavy (non-hydrogen) atoms. The van der Waals surface area contributed by atoms with Crippen LogP contribution < -0.4 is 4.74 Å². The van der Waals surface area contributed by atoms with Gasteiger partial charge in [0.1, 0.15) is 11.5 Å². The van der Waals surface area contributed by atoms with Gasteiger partial charge in [0.15, 0.2) is 5.78 Å². The molecule has 0 aliphatic heterocycles. The van der Waals surface area contributed by atoms with Gasteiger partial charge in [-0.25, -0.2) is 0 Å². The summed E-state index contributed by atoms with van der Waals surface area (Å²) in [6.07, 6.45) is 2.84. The molecule has 2 nitrogen and oxygen atoms in total. The average molecular weight is 296 g/mol. The smallest absolute Gasteiger partial charge is 0.162 e. The Kier molecular flexibility index (Phi) is 5.76. The Morgan fingerprint density at radius 2 is 1.36 bits per heavy atom. The number of ether oxygens (including phenoxy) is 1. The summed E-state index contributed by atoms with van der Waals surface area (Å²) < 4.78 is 5.84. The predicted octanol–water partition coefficient (Wildman–Crippen LogP) is 5.98. The van der Waals surface area contributed by atoms with Crippen molar-refractivity contribution in [3.63, 3.8) is 0 Å². The Hall–Kier alpha value is -2.09. The quantitative estimate of drug-likeness (QED) is 0.588. The van der Waals surface area contributed by atoms with Gasteiger partial charge in [-0.15, -0.1) is 0 Å². The second-order valence-electron chi connectivity index (χ2n) is 5.49. The molecule has 0 radical (unpaired) electrons. The number of ketones is 1. The third-order valence-corrected chi connectivity index (χ3v) is 4.07. The van der Waals surface area contributed by atoms with E-state index in [0.29, 0.717) is 12.3 Å². The van der Waals surface area contributed by atoms with E-state index in [4.69, 9.17) is 4.74 Å². The maximum absolute atomic E-state index is 11.6. The van der Waals surface area contributed by atoms with Crippen LogP contribution in [0.25, 0.3) is 0 Å². The predicted molar refractivity (Wildman–Crippen MR) is 90.9 cm³/mol. The Bertz CT molecular complexity index is 593. The lowest BCUT2D eigenvalue weighted by atomic mass is 9.94. The molecule has 0 saturated carbocycles. The normalized spacial score (nSPS) is 10.7. The summed E-state index contributed by atoms with van der Waals surface area (Å²) in [6.45, 7) is 6.31. The summed E-state index contributed by atoms with van der Waals surface area (Å²) in [6, 6.07) is 15.6. The van der Waals surface area contributed by atoms with Crippen molar-refractivity contribution in [3.8, 4) is 11.5 Å². The molecular formula is C20H24O2. The Balaban J connectivity index is 2.06. The molecular weight excluding hydrogens is 272 g/mol. The number of rotatable bonds is 7. The molecule has 0 aliphatic carbocycles. The van der Waals surface area contributed by atoms with Crippen LogP contribution in [0.4, 0.5) is 0 Å². The molecule has 0 spiro atoms. The summed E-state index contributed by atoms with van der Waals surface area (Å²) in [5, 5.41) is 0. The molecule has 0 unspecified atom stereocenters. The number of hydrogen-bond donors (Lipinski definition) is 0. The van der Waals surface area contributed by atoms with Gasteiger partial charge in [0.2, 0.25) is 0 Å². The first kappa shape index (κ1) is 16.3. The lowest BCUT2D eigenvalue weighted by molar-refractivity contribution is 0.0988. The minimum Gasteiger partial charge on any atom is -0.457 e. The van der Waals surface area contributed by atoms with Crippen LogP contribution in [0.5, 0.6) is 11.5 Å². The van der Waals surface area contributed by atoms with Gasteiger partial charge in [-0.2, -0.15) is 0 Å². The van der Waals surface area contributed by atoms with Crippen molar-refractivity contribution in [2.75, 3.05) is 0 Å². The molecule has 0 saturated heterocycles. The van der Waals surface area contributed by atoms with Crippen LogP contribution in [-0.4, -0.2) is 5.78 Å². The fraction of sp³-hybridized carbons (Fsp3) is 0.350. The first-order chi connectivity index (χ1) is 10.7. The number of carbonyl (C=O) groups is 1. The van der Waals surface area contributed by atoms with Crippen molar-refractivity contribution in [3.05, 3.63) is 59.7 Å². The fourth-order valence-corrected chi connectivity index (χ4v) is 2.62. The van der Waals surface area contributed by atoms with Crippen LogP contribution >= 0.6 is 0 Å².